The Hall–Kier alpha value is -0.650. The summed E-state index contributed by atoms with van der Waals surface area (Å²) in [5.41, 5.74) is 10.5. The Morgan fingerprint density at radius 1 is 1.50 bits per heavy atom. The van der Waals surface area contributed by atoms with Crippen LogP contribution in [0.5, 0.6) is 0 Å². The number of primary amides is 1. The van der Waals surface area contributed by atoms with Crippen molar-refractivity contribution in [2.45, 2.75) is 25.4 Å². The average Bonchev–Trinajstić information content (AvgIpc) is 2.10. The molecule has 0 aliphatic rings. The van der Waals surface area contributed by atoms with Crippen molar-refractivity contribution in [3.05, 3.63) is 0 Å². The van der Waals surface area contributed by atoms with Gasteiger partial charge in [-0.2, -0.15) is 0 Å². The molecule has 0 aromatic carbocycles. The van der Waals surface area contributed by atoms with Gasteiger partial charge in [0.25, 0.3) is 0 Å². The van der Waals surface area contributed by atoms with E-state index in [1.807, 2.05) is 14.1 Å². The summed E-state index contributed by atoms with van der Waals surface area (Å²) in [5.74, 6) is -0.461. The Morgan fingerprint density at radius 3 is 2.50 bits per heavy atom. The summed E-state index contributed by atoms with van der Waals surface area (Å²) in [6.45, 7) is 3.53. The first kappa shape index (κ1) is 13.4. The zero-order valence-electron chi connectivity index (χ0n) is 9.29. The Balaban J connectivity index is 3.53. The van der Waals surface area contributed by atoms with Crippen LogP contribution in [-0.2, 0) is 4.79 Å². The van der Waals surface area contributed by atoms with E-state index in [2.05, 4.69) is 17.1 Å². The minimum atomic E-state index is -0.586. The van der Waals surface area contributed by atoms with Crippen molar-refractivity contribution in [3.8, 4) is 0 Å². The molecule has 0 heterocycles. The number of rotatable bonds is 7. The second-order valence-electron chi connectivity index (χ2n) is 3.91. The van der Waals surface area contributed by atoms with Crippen molar-refractivity contribution < 1.29 is 4.79 Å². The van der Waals surface area contributed by atoms with Crippen molar-refractivity contribution in [2.75, 3.05) is 27.2 Å². The van der Waals surface area contributed by atoms with Crippen LogP contribution in [0.4, 0.5) is 0 Å². The van der Waals surface area contributed by atoms with Gasteiger partial charge in [-0.25, -0.2) is 0 Å². The van der Waals surface area contributed by atoms with Crippen molar-refractivity contribution in [3.63, 3.8) is 0 Å². The fraction of sp³-hybridized carbons (Fsp3) is 0.889. The van der Waals surface area contributed by atoms with E-state index >= 15 is 0 Å². The van der Waals surface area contributed by atoms with Gasteiger partial charge in [0.2, 0.25) is 5.91 Å². The minimum absolute atomic E-state index is 0.350. The van der Waals surface area contributed by atoms with Gasteiger partial charge in [-0.1, -0.05) is 0 Å². The van der Waals surface area contributed by atoms with Crippen LogP contribution in [0.1, 0.15) is 13.3 Å². The van der Waals surface area contributed by atoms with Gasteiger partial charge in [0, 0.05) is 12.6 Å². The van der Waals surface area contributed by atoms with E-state index in [-0.39, 0.29) is 0 Å². The highest BCUT2D eigenvalue weighted by molar-refractivity contribution is 5.79. The molecule has 2 atom stereocenters. The van der Waals surface area contributed by atoms with Gasteiger partial charge in [0.1, 0.15) is 0 Å². The Bertz CT molecular complexity index is 172. The zero-order chi connectivity index (χ0) is 11.1. The maximum absolute atomic E-state index is 10.6. The molecule has 0 rings (SSSR count). The van der Waals surface area contributed by atoms with E-state index in [1.54, 1.807) is 0 Å². The molecule has 2 unspecified atom stereocenters. The van der Waals surface area contributed by atoms with Gasteiger partial charge in [-0.3, -0.25) is 4.79 Å². The number of hydrogen-bond acceptors (Lipinski definition) is 4. The SMILES string of the molecule is CC(CCN(C)C)NCC(N)C(N)=O. The van der Waals surface area contributed by atoms with Crippen LogP contribution in [0.2, 0.25) is 0 Å². The lowest BCUT2D eigenvalue weighted by Gasteiger charge is -2.18. The molecule has 0 spiro atoms. The number of hydrogen-bond donors (Lipinski definition) is 3. The Morgan fingerprint density at radius 2 is 2.07 bits per heavy atom. The number of amides is 1. The fourth-order valence-corrected chi connectivity index (χ4v) is 0.983. The van der Waals surface area contributed by atoms with E-state index < -0.39 is 11.9 Å². The van der Waals surface area contributed by atoms with E-state index in [0.717, 1.165) is 13.0 Å². The molecule has 1 amide bonds. The smallest absolute Gasteiger partial charge is 0.235 e. The molecule has 0 saturated carbocycles. The summed E-state index contributed by atoms with van der Waals surface area (Å²) in [7, 11) is 4.06. The van der Waals surface area contributed by atoms with Crippen molar-refractivity contribution >= 4 is 5.91 Å². The Labute approximate surface area is 85.8 Å². The lowest BCUT2D eigenvalue weighted by Crippen LogP contribution is -2.46. The molecule has 5 heteroatoms. The average molecular weight is 202 g/mol. The molecule has 0 aromatic rings. The molecule has 0 fully saturated rings. The highest BCUT2D eigenvalue weighted by atomic mass is 16.1. The minimum Gasteiger partial charge on any atom is -0.368 e. The number of carbonyl (C=O) groups excluding carboxylic acids is 1. The molecule has 5 nitrogen and oxygen atoms in total. The van der Waals surface area contributed by atoms with Crippen LogP contribution in [0.25, 0.3) is 0 Å². The summed E-state index contributed by atoms with van der Waals surface area (Å²) in [6, 6.07) is -0.236. The molecule has 0 aliphatic heterocycles. The van der Waals surface area contributed by atoms with Gasteiger partial charge < -0.3 is 21.7 Å². The zero-order valence-corrected chi connectivity index (χ0v) is 9.29. The standard InChI is InChI=1S/C9H22N4O/c1-7(4-5-13(2)3)12-6-8(10)9(11)14/h7-8,12H,4-6,10H2,1-3H3,(H2,11,14). The normalized spacial score (nSPS) is 15.5. The number of nitrogens with one attached hydrogen (secondary N) is 1. The Kier molecular flexibility index (Phi) is 6.44. The summed E-state index contributed by atoms with van der Waals surface area (Å²) in [4.78, 5) is 12.7. The summed E-state index contributed by atoms with van der Waals surface area (Å²) >= 11 is 0. The van der Waals surface area contributed by atoms with Gasteiger partial charge in [0.05, 0.1) is 6.04 Å². The fourth-order valence-electron chi connectivity index (χ4n) is 0.983. The van der Waals surface area contributed by atoms with Gasteiger partial charge in [0.15, 0.2) is 0 Å². The lowest BCUT2D eigenvalue weighted by molar-refractivity contribution is -0.119. The molecule has 0 radical (unpaired) electrons. The van der Waals surface area contributed by atoms with E-state index in [0.29, 0.717) is 12.6 Å². The summed E-state index contributed by atoms with van der Waals surface area (Å²) in [5, 5.41) is 3.17. The molecule has 5 N–H and O–H groups in total. The van der Waals surface area contributed by atoms with Crippen LogP contribution >= 0.6 is 0 Å². The molecular weight excluding hydrogens is 180 g/mol. The first-order chi connectivity index (χ1) is 6.43. The first-order valence-corrected chi connectivity index (χ1v) is 4.86. The first-order valence-electron chi connectivity index (χ1n) is 4.86. The number of nitrogens with two attached hydrogens (primary N) is 2. The van der Waals surface area contributed by atoms with Crippen LogP contribution in [0.3, 0.4) is 0 Å². The summed E-state index contributed by atoms with van der Waals surface area (Å²) < 4.78 is 0. The molecular formula is C9H22N4O. The predicted octanol–water partition coefficient (Wildman–Crippen LogP) is -1.27. The monoisotopic (exact) mass is 202 g/mol. The molecule has 0 bridgehead atoms. The van der Waals surface area contributed by atoms with Crippen molar-refractivity contribution in [2.24, 2.45) is 11.5 Å². The van der Waals surface area contributed by atoms with E-state index in [9.17, 15) is 4.79 Å². The molecule has 14 heavy (non-hydrogen) atoms. The topological polar surface area (TPSA) is 84.4 Å². The van der Waals surface area contributed by atoms with Crippen LogP contribution in [0, 0.1) is 0 Å². The largest absolute Gasteiger partial charge is 0.368 e. The predicted molar refractivity (Wildman–Crippen MR) is 57.8 cm³/mol. The van der Waals surface area contributed by atoms with Crippen molar-refractivity contribution in [1.29, 1.82) is 0 Å². The van der Waals surface area contributed by atoms with Crippen LogP contribution in [-0.4, -0.2) is 50.1 Å². The third kappa shape index (κ3) is 6.82. The highest BCUT2D eigenvalue weighted by Crippen LogP contribution is 1.91. The highest BCUT2D eigenvalue weighted by Gasteiger charge is 2.10. The van der Waals surface area contributed by atoms with E-state index in [4.69, 9.17) is 11.5 Å². The van der Waals surface area contributed by atoms with Gasteiger partial charge >= 0.3 is 0 Å². The lowest BCUT2D eigenvalue weighted by atomic mass is 10.2. The molecule has 84 valence electrons. The van der Waals surface area contributed by atoms with E-state index in [1.165, 1.54) is 0 Å². The number of nitrogens with zero attached hydrogens (tertiary/aromatic N) is 1. The number of carbonyl (C=O) groups is 1. The second-order valence-corrected chi connectivity index (χ2v) is 3.91. The maximum Gasteiger partial charge on any atom is 0.235 e. The van der Waals surface area contributed by atoms with Gasteiger partial charge in [-0.15, -0.1) is 0 Å². The molecule has 0 aliphatic carbocycles. The van der Waals surface area contributed by atoms with Gasteiger partial charge in [-0.05, 0) is 34.0 Å². The van der Waals surface area contributed by atoms with Crippen LogP contribution < -0.4 is 16.8 Å². The molecule has 0 saturated heterocycles. The summed E-state index contributed by atoms with van der Waals surface area (Å²) in [6.07, 6.45) is 1.03. The molecule has 0 aromatic heterocycles. The third-order valence-electron chi connectivity index (χ3n) is 2.06. The maximum atomic E-state index is 10.6. The van der Waals surface area contributed by atoms with Crippen molar-refractivity contribution in [1.82, 2.24) is 10.2 Å². The second kappa shape index (κ2) is 6.75. The quantitative estimate of drug-likeness (QED) is 0.480. The third-order valence-corrected chi connectivity index (χ3v) is 2.06. The van der Waals surface area contributed by atoms with Crippen LogP contribution in [0.15, 0.2) is 0 Å².